The van der Waals surface area contributed by atoms with Gasteiger partial charge in [-0.15, -0.1) is 10.2 Å². The van der Waals surface area contributed by atoms with Gasteiger partial charge in [0.15, 0.2) is 5.82 Å². The molecule has 4 rings (SSSR count). The Balaban J connectivity index is 1.59. The van der Waals surface area contributed by atoms with Crippen molar-refractivity contribution >= 4 is 32.2 Å². The minimum absolute atomic E-state index is 0.142. The summed E-state index contributed by atoms with van der Waals surface area (Å²) < 4.78 is 33.8. The predicted molar refractivity (Wildman–Crippen MR) is 92.5 cm³/mol. The molecule has 2 aromatic heterocycles. The Kier molecular flexibility index (Phi) is 4.18. The fraction of sp³-hybridized carbons (Fsp3) is 0.0625. The van der Waals surface area contributed by atoms with Gasteiger partial charge in [0.25, 0.3) is 0 Å². The van der Waals surface area contributed by atoms with Crippen molar-refractivity contribution in [3.63, 3.8) is 0 Å². The van der Waals surface area contributed by atoms with Crippen LogP contribution in [0, 0.1) is 11.6 Å². The van der Waals surface area contributed by atoms with Gasteiger partial charge in [-0.2, -0.15) is 9.61 Å². The number of halogens is 3. The monoisotopic (exact) mass is 422 g/mol. The van der Waals surface area contributed by atoms with Gasteiger partial charge in [-0.1, -0.05) is 11.3 Å². The molecule has 0 saturated carbocycles. The summed E-state index contributed by atoms with van der Waals surface area (Å²) in [5, 5.41) is 13.3. The lowest BCUT2D eigenvalue weighted by Crippen LogP contribution is -2.02. The molecular weight excluding hydrogens is 414 g/mol. The first-order chi connectivity index (χ1) is 12.1. The molecule has 0 amide bonds. The maximum absolute atomic E-state index is 13.4. The lowest BCUT2D eigenvalue weighted by atomic mass is 10.2. The Labute approximate surface area is 153 Å². The van der Waals surface area contributed by atoms with Crippen molar-refractivity contribution < 1.29 is 13.5 Å². The molecule has 126 valence electrons. The lowest BCUT2D eigenvalue weighted by molar-refractivity contribution is 0.292. The molecule has 4 aromatic rings. The van der Waals surface area contributed by atoms with E-state index in [9.17, 15) is 8.78 Å². The average molecular weight is 423 g/mol. The smallest absolute Gasteiger partial charge is 0.235 e. The van der Waals surface area contributed by atoms with Crippen LogP contribution in [0.4, 0.5) is 8.78 Å². The highest BCUT2D eigenvalue weighted by Gasteiger charge is 2.14. The second kappa shape index (κ2) is 6.49. The van der Waals surface area contributed by atoms with Crippen molar-refractivity contribution in [2.75, 3.05) is 0 Å². The van der Waals surface area contributed by atoms with Crippen LogP contribution >= 0.6 is 27.3 Å². The summed E-state index contributed by atoms with van der Waals surface area (Å²) in [5.41, 5.74) is 0.772. The highest BCUT2D eigenvalue weighted by Crippen LogP contribution is 2.29. The maximum Gasteiger partial charge on any atom is 0.235 e. The molecule has 0 bridgehead atoms. The van der Waals surface area contributed by atoms with Gasteiger partial charge in [0, 0.05) is 5.56 Å². The molecule has 0 fully saturated rings. The van der Waals surface area contributed by atoms with Crippen LogP contribution in [0.1, 0.15) is 5.82 Å². The van der Waals surface area contributed by atoms with E-state index in [-0.39, 0.29) is 18.2 Å². The van der Waals surface area contributed by atoms with Crippen LogP contribution in [0.15, 0.2) is 46.9 Å². The summed E-state index contributed by atoms with van der Waals surface area (Å²) in [4.78, 5) is 0.605. The van der Waals surface area contributed by atoms with Crippen molar-refractivity contribution in [2.24, 2.45) is 0 Å². The highest BCUT2D eigenvalue weighted by molar-refractivity contribution is 9.10. The minimum Gasteiger partial charge on any atom is -0.486 e. The number of fused-ring (bicyclic) bond motifs is 1. The van der Waals surface area contributed by atoms with Crippen molar-refractivity contribution in [1.82, 2.24) is 19.8 Å². The average Bonchev–Trinajstić information content (AvgIpc) is 3.18. The largest absolute Gasteiger partial charge is 0.486 e. The van der Waals surface area contributed by atoms with E-state index in [1.807, 2.05) is 0 Å². The van der Waals surface area contributed by atoms with Crippen LogP contribution in [-0.4, -0.2) is 19.8 Å². The molecule has 0 spiro atoms. The Morgan fingerprint density at radius 3 is 2.64 bits per heavy atom. The number of nitrogens with zero attached hydrogens (tertiary/aromatic N) is 4. The molecule has 0 aliphatic heterocycles. The van der Waals surface area contributed by atoms with E-state index in [4.69, 9.17) is 4.74 Å². The van der Waals surface area contributed by atoms with Crippen LogP contribution in [0.5, 0.6) is 5.75 Å². The van der Waals surface area contributed by atoms with E-state index in [0.29, 0.717) is 26.0 Å². The van der Waals surface area contributed by atoms with Crippen LogP contribution in [0.3, 0.4) is 0 Å². The number of aromatic nitrogens is 4. The van der Waals surface area contributed by atoms with Gasteiger partial charge in [-0.05, 0) is 58.4 Å². The fourth-order valence-electron chi connectivity index (χ4n) is 2.17. The predicted octanol–water partition coefficient (Wildman–Crippen LogP) is 4.47. The Hall–Kier alpha value is -2.39. The molecule has 0 aliphatic carbocycles. The Bertz CT molecular complexity index is 1050. The molecule has 0 aliphatic rings. The van der Waals surface area contributed by atoms with Crippen LogP contribution < -0.4 is 4.74 Å². The Morgan fingerprint density at radius 2 is 1.88 bits per heavy atom. The standard InChI is InChI=1S/C16H9BrF2N4OS/c17-12-7-9(1-6-13(12)19)15-22-23-14(20-21-16(23)25-15)8-24-11-4-2-10(18)3-5-11/h1-7H,8H2. The van der Waals surface area contributed by atoms with Crippen molar-refractivity contribution in [3.8, 4) is 16.3 Å². The SMILES string of the molecule is Fc1ccc(OCc2nnc3sc(-c4ccc(F)c(Br)c4)nn23)cc1. The zero-order valence-electron chi connectivity index (χ0n) is 12.5. The third kappa shape index (κ3) is 3.24. The lowest BCUT2D eigenvalue weighted by Gasteiger charge is -2.03. The van der Waals surface area contributed by atoms with Gasteiger partial charge in [-0.3, -0.25) is 0 Å². The van der Waals surface area contributed by atoms with Crippen LogP contribution in [-0.2, 0) is 6.61 Å². The quantitative estimate of drug-likeness (QED) is 0.486. The van der Waals surface area contributed by atoms with Gasteiger partial charge in [0.2, 0.25) is 4.96 Å². The van der Waals surface area contributed by atoms with E-state index >= 15 is 0 Å². The Morgan fingerprint density at radius 1 is 1.08 bits per heavy atom. The molecule has 2 aromatic carbocycles. The summed E-state index contributed by atoms with van der Waals surface area (Å²) in [5.74, 6) is 0.381. The van der Waals surface area contributed by atoms with Crippen LogP contribution in [0.2, 0.25) is 0 Å². The first-order valence-corrected chi connectivity index (χ1v) is 8.76. The maximum atomic E-state index is 13.4. The molecule has 2 heterocycles. The van der Waals surface area contributed by atoms with Gasteiger partial charge in [0.1, 0.15) is 29.0 Å². The fourth-order valence-corrected chi connectivity index (χ4v) is 3.41. The van der Waals surface area contributed by atoms with Gasteiger partial charge in [-0.25, -0.2) is 8.78 Å². The summed E-state index contributed by atoms with van der Waals surface area (Å²) in [6.07, 6.45) is 0. The molecule has 0 atom stereocenters. The molecular formula is C16H9BrF2N4OS. The third-order valence-corrected chi connectivity index (χ3v) is 4.96. The van der Waals surface area contributed by atoms with Gasteiger partial charge < -0.3 is 4.74 Å². The molecule has 0 N–H and O–H groups in total. The minimum atomic E-state index is -0.333. The third-order valence-electron chi connectivity index (χ3n) is 3.40. The normalized spacial score (nSPS) is 11.2. The summed E-state index contributed by atoms with van der Waals surface area (Å²) in [6.45, 7) is 0.142. The number of ether oxygens (including phenoxy) is 1. The van der Waals surface area contributed by atoms with E-state index in [1.165, 1.54) is 41.7 Å². The summed E-state index contributed by atoms with van der Waals surface area (Å²) in [6, 6.07) is 10.4. The molecule has 0 unspecified atom stereocenters. The molecule has 0 radical (unpaired) electrons. The van der Waals surface area contributed by atoms with E-state index in [2.05, 4.69) is 31.2 Å². The first-order valence-electron chi connectivity index (χ1n) is 7.15. The number of rotatable bonds is 4. The van der Waals surface area contributed by atoms with Crippen molar-refractivity contribution in [2.45, 2.75) is 6.61 Å². The summed E-state index contributed by atoms with van der Waals surface area (Å²) >= 11 is 4.51. The van der Waals surface area contributed by atoms with Crippen LogP contribution in [0.25, 0.3) is 15.5 Å². The summed E-state index contributed by atoms with van der Waals surface area (Å²) in [7, 11) is 0. The number of hydrogen-bond donors (Lipinski definition) is 0. The zero-order valence-corrected chi connectivity index (χ0v) is 14.9. The van der Waals surface area contributed by atoms with Gasteiger partial charge in [0.05, 0.1) is 4.47 Å². The molecule has 0 saturated heterocycles. The topological polar surface area (TPSA) is 52.3 Å². The molecule has 5 nitrogen and oxygen atoms in total. The van der Waals surface area contributed by atoms with E-state index < -0.39 is 0 Å². The number of hydrogen-bond acceptors (Lipinski definition) is 5. The molecule has 9 heteroatoms. The second-order valence-electron chi connectivity index (χ2n) is 5.09. The number of benzene rings is 2. The molecule has 25 heavy (non-hydrogen) atoms. The zero-order chi connectivity index (χ0) is 17.4. The van der Waals surface area contributed by atoms with E-state index in [1.54, 1.807) is 16.6 Å². The van der Waals surface area contributed by atoms with Gasteiger partial charge >= 0.3 is 0 Å². The van der Waals surface area contributed by atoms with Crippen molar-refractivity contribution in [1.29, 1.82) is 0 Å². The van der Waals surface area contributed by atoms with E-state index in [0.717, 1.165) is 5.56 Å². The highest BCUT2D eigenvalue weighted by atomic mass is 79.9. The van der Waals surface area contributed by atoms with Crippen molar-refractivity contribution in [3.05, 3.63) is 64.4 Å². The second-order valence-corrected chi connectivity index (χ2v) is 6.90. The first kappa shape index (κ1) is 16.1.